The average Bonchev–Trinajstić information content (AvgIpc) is 2.63. The SMILES string of the molecule is CCOc1ccc(C)cc1C(C)NC(=O)NCCC(=O)c1ccc(C)cc1. The van der Waals surface area contributed by atoms with Gasteiger partial charge in [0.15, 0.2) is 5.78 Å². The summed E-state index contributed by atoms with van der Waals surface area (Å²) in [7, 11) is 0. The Hall–Kier alpha value is -2.82. The first kappa shape index (κ1) is 20.5. The van der Waals surface area contributed by atoms with Crippen molar-refractivity contribution in [3.8, 4) is 5.75 Å². The van der Waals surface area contributed by atoms with Crippen molar-refractivity contribution < 1.29 is 14.3 Å². The Labute approximate surface area is 161 Å². The van der Waals surface area contributed by atoms with E-state index in [0.717, 1.165) is 22.4 Å². The lowest BCUT2D eigenvalue weighted by Gasteiger charge is -2.19. The third-order valence-electron chi connectivity index (χ3n) is 4.29. The van der Waals surface area contributed by atoms with Crippen LogP contribution in [0.4, 0.5) is 4.79 Å². The molecule has 144 valence electrons. The molecule has 0 bridgehead atoms. The van der Waals surface area contributed by atoms with Gasteiger partial charge in [-0.1, -0.05) is 47.5 Å². The molecule has 5 heteroatoms. The summed E-state index contributed by atoms with van der Waals surface area (Å²) in [5, 5.41) is 5.65. The summed E-state index contributed by atoms with van der Waals surface area (Å²) in [6.45, 7) is 8.68. The maximum Gasteiger partial charge on any atom is 0.315 e. The fourth-order valence-electron chi connectivity index (χ4n) is 2.79. The molecule has 1 atom stereocenters. The molecule has 1 unspecified atom stereocenters. The van der Waals surface area contributed by atoms with E-state index < -0.39 is 0 Å². The number of ketones is 1. The molecule has 0 aliphatic carbocycles. The quantitative estimate of drug-likeness (QED) is 0.681. The summed E-state index contributed by atoms with van der Waals surface area (Å²) in [6.07, 6.45) is 0.263. The second kappa shape index (κ2) is 9.76. The molecule has 2 N–H and O–H groups in total. The van der Waals surface area contributed by atoms with E-state index in [2.05, 4.69) is 10.6 Å². The summed E-state index contributed by atoms with van der Waals surface area (Å²) >= 11 is 0. The molecule has 2 aromatic rings. The number of aryl methyl sites for hydroxylation is 2. The Bertz CT molecular complexity index is 785. The van der Waals surface area contributed by atoms with Gasteiger partial charge in [-0.3, -0.25) is 4.79 Å². The fraction of sp³-hybridized carbons (Fsp3) is 0.364. The summed E-state index contributed by atoms with van der Waals surface area (Å²) in [4.78, 5) is 24.3. The van der Waals surface area contributed by atoms with Gasteiger partial charge >= 0.3 is 6.03 Å². The van der Waals surface area contributed by atoms with Crippen LogP contribution < -0.4 is 15.4 Å². The van der Waals surface area contributed by atoms with Crippen LogP contribution in [0.15, 0.2) is 42.5 Å². The van der Waals surface area contributed by atoms with Gasteiger partial charge in [0, 0.05) is 24.1 Å². The predicted octanol–water partition coefficient (Wildman–Crippen LogP) is 4.34. The van der Waals surface area contributed by atoms with E-state index in [1.54, 1.807) is 0 Å². The molecule has 0 radical (unpaired) electrons. The maximum atomic E-state index is 12.2. The molecular formula is C22H28N2O3. The number of hydrogen-bond donors (Lipinski definition) is 2. The summed E-state index contributed by atoms with van der Waals surface area (Å²) in [6, 6.07) is 12.8. The topological polar surface area (TPSA) is 67.4 Å². The number of amides is 2. The maximum absolute atomic E-state index is 12.2. The van der Waals surface area contributed by atoms with Crippen LogP contribution in [0.25, 0.3) is 0 Å². The second-order valence-electron chi connectivity index (χ2n) is 6.64. The molecule has 5 nitrogen and oxygen atoms in total. The number of nitrogens with one attached hydrogen (secondary N) is 2. The summed E-state index contributed by atoms with van der Waals surface area (Å²) < 4.78 is 5.65. The smallest absolute Gasteiger partial charge is 0.315 e. The van der Waals surface area contributed by atoms with Crippen LogP contribution in [0.2, 0.25) is 0 Å². The van der Waals surface area contributed by atoms with Gasteiger partial charge in [0.1, 0.15) is 5.75 Å². The highest BCUT2D eigenvalue weighted by molar-refractivity contribution is 5.96. The van der Waals surface area contributed by atoms with Crippen molar-refractivity contribution in [2.45, 2.75) is 40.2 Å². The van der Waals surface area contributed by atoms with Crippen molar-refractivity contribution in [2.24, 2.45) is 0 Å². The minimum atomic E-state index is -0.303. The lowest BCUT2D eigenvalue weighted by atomic mass is 10.0. The van der Waals surface area contributed by atoms with Gasteiger partial charge in [0.25, 0.3) is 0 Å². The Morgan fingerprint density at radius 2 is 1.70 bits per heavy atom. The number of carbonyl (C=O) groups is 2. The lowest BCUT2D eigenvalue weighted by molar-refractivity contribution is 0.0983. The predicted molar refractivity (Wildman–Crippen MR) is 107 cm³/mol. The van der Waals surface area contributed by atoms with E-state index in [9.17, 15) is 9.59 Å². The monoisotopic (exact) mass is 368 g/mol. The molecule has 0 spiro atoms. The highest BCUT2D eigenvalue weighted by Crippen LogP contribution is 2.26. The van der Waals surface area contributed by atoms with Gasteiger partial charge in [0.05, 0.1) is 12.6 Å². The molecule has 2 amide bonds. The van der Waals surface area contributed by atoms with Gasteiger partial charge in [0.2, 0.25) is 0 Å². The Morgan fingerprint density at radius 1 is 1.04 bits per heavy atom. The van der Waals surface area contributed by atoms with Gasteiger partial charge in [-0.2, -0.15) is 0 Å². The van der Waals surface area contributed by atoms with Crippen LogP contribution in [0.1, 0.15) is 53.4 Å². The van der Waals surface area contributed by atoms with Crippen LogP contribution >= 0.6 is 0 Å². The molecule has 0 saturated heterocycles. The van der Waals surface area contributed by atoms with Crippen molar-refractivity contribution >= 4 is 11.8 Å². The Kier molecular flexibility index (Phi) is 7.41. The summed E-state index contributed by atoms with van der Waals surface area (Å²) in [5.74, 6) is 0.783. The second-order valence-corrected chi connectivity index (χ2v) is 6.64. The van der Waals surface area contributed by atoms with E-state index in [1.807, 2.05) is 70.2 Å². The minimum absolute atomic E-state index is 0.0145. The normalized spacial score (nSPS) is 11.6. The minimum Gasteiger partial charge on any atom is -0.494 e. The van der Waals surface area contributed by atoms with E-state index in [-0.39, 0.29) is 30.8 Å². The van der Waals surface area contributed by atoms with Crippen molar-refractivity contribution in [1.29, 1.82) is 0 Å². The zero-order chi connectivity index (χ0) is 19.8. The largest absolute Gasteiger partial charge is 0.494 e. The molecule has 27 heavy (non-hydrogen) atoms. The van der Waals surface area contributed by atoms with Crippen LogP contribution in [0.3, 0.4) is 0 Å². The van der Waals surface area contributed by atoms with E-state index in [0.29, 0.717) is 12.2 Å². The molecule has 0 aliphatic heterocycles. The summed E-state index contributed by atoms with van der Waals surface area (Å²) in [5.41, 5.74) is 3.81. The Morgan fingerprint density at radius 3 is 2.37 bits per heavy atom. The highest BCUT2D eigenvalue weighted by Gasteiger charge is 2.15. The van der Waals surface area contributed by atoms with E-state index >= 15 is 0 Å². The number of Topliss-reactive ketones (excluding diaryl/α,β-unsaturated/α-hetero) is 1. The number of benzene rings is 2. The first-order chi connectivity index (χ1) is 12.9. The Balaban J connectivity index is 1.85. The van der Waals surface area contributed by atoms with E-state index in [1.165, 1.54) is 0 Å². The molecule has 0 fully saturated rings. The lowest BCUT2D eigenvalue weighted by Crippen LogP contribution is -2.38. The zero-order valence-corrected chi connectivity index (χ0v) is 16.5. The van der Waals surface area contributed by atoms with Crippen LogP contribution in [-0.4, -0.2) is 25.0 Å². The van der Waals surface area contributed by atoms with Gasteiger partial charge in [-0.15, -0.1) is 0 Å². The number of rotatable bonds is 8. The number of carbonyl (C=O) groups excluding carboxylic acids is 2. The zero-order valence-electron chi connectivity index (χ0n) is 16.5. The van der Waals surface area contributed by atoms with Crippen molar-refractivity contribution in [3.63, 3.8) is 0 Å². The molecule has 2 rings (SSSR count). The third kappa shape index (κ3) is 6.13. The first-order valence-corrected chi connectivity index (χ1v) is 9.28. The van der Waals surface area contributed by atoms with Gasteiger partial charge < -0.3 is 15.4 Å². The van der Waals surface area contributed by atoms with Crippen LogP contribution in [0, 0.1) is 13.8 Å². The van der Waals surface area contributed by atoms with Crippen LogP contribution in [0.5, 0.6) is 5.75 Å². The first-order valence-electron chi connectivity index (χ1n) is 9.28. The molecule has 0 saturated carbocycles. The van der Waals surface area contributed by atoms with Gasteiger partial charge in [-0.05, 0) is 33.8 Å². The van der Waals surface area contributed by atoms with Gasteiger partial charge in [-0.25, -0.2) is 4.79 Å². The number of hydrogen-bond acceptors (Lipinski definition) is 3. The average molecular weight is 368 g/mol. The van der Waals surface area contributed by atoms with Crippen molar-refractivity contribution in [1.82, 2.24) is 10.6 Å². The number of ether oxygens (including phenoxy) is 1. The molecule has 0 heterocycles. The molecule has 2 aromatic carbocycles. The highest BCUT2D eigenvalue weighted by atomic mass is 16.5. The van der Waals surface area contributed by atoms with Crippen molar-refractivity contribution in [3.05, 3.63) is 64.7 Å². The number of urea groups is 1. The molecule has 0 aromatic heterocycles. The van der Waals surface area contributed by atoms with E-state index in [4.69, 9.17) is 4.74 Å². The third-order valence-corrected chi connectivity index (χ3v) is 4.29. The van der Waals surface area contributed by atoms with Crippen LogP contribution in [-0.2, 0) is 0 Å². The fourth-order valence-corrected chi connectivity index (χ4v) is 2.79. The van der Waals surface area contributed by atoms with Crippen molar-refractivity contribution in [2.75, 3.05) is 13.2 Å². The standard InChI is InChI=1S/C22H28N2O3/c1-5-27-21-11-8-16(3)14-19(21)17(4)24-22(26)23-13-12-20(25)18-9-6-15(2)7-10-18/h6-11,14,17H,5,12-13H2,1-4H3,(H2,23,24,26). The molecule has 0 aliphatic rings. The molecular weight excluding hydrogens is 340 g/mol.